The summed E-state index contributed by atoms with van der Waals surface area (Å²) in [6.45, 7) is 17.8. The number of hydrogen-bond acceptors (Lipinski definition) is 8. The van der Waals surface area contributed by atoms with Crippen LogP contribution < -0.4 is 0 Å². The number of esters is 4. The molecule has 0 amide bonds. The lowest BCUT2D eigenvalue weighted by atomic mass is 9.91. The molecule has 0 aromatic carbocycles. The second-order valence-corrected chi connectivity index (χ2v) is 13.7. The molecule has 0 aliphatic heterocycles. The van der Waals surface area contributed by atoms with Crippen LogP contribution in [0, 0.1) is 10.8 Å². The lowest BCUT2D eigenvalue weighted by Gasteiger charge is -2.20. The first-order chi connectivity index (χ1) is 22.4. The number of hydrogen-bond donors (Lipinski definition) is 0. The molecule has 0 N–H and O–H groups in total. The Bertz CT molecular complexity index is 818. The minimum absolute atomic E-state index is 0.00884. The van der Waals surface area contributed by atoms with Crippen molar-refractivity contribution in [2.75, 3.05) is 26.4 Å². The second kappa shape index (κ2) is 30.9. The van der Waals surface area contributed by atoms with Crippen molar-refractivity contribution < 1.29 is 38.1 Å². The summed E-state index contributed by atoms with van der Waals surface area (Å²) in [7, 11) is 0. The Hall–Kier alpha value is -2.38. The normalized spacial score (nSPS) is 11.2. The van der Waals surface area contributed by atoms with Gasteiger partial charge in [0.25, 0.3) is 0 Å². The van der Waals surface area contributed by atoms with Gasteiger partial charge < -0.3 is 18.9 Å². The average molecular weight is 669 g/mol. The minimum Gasteiger partial charge on any atom is -0.465 e. The van der Waals surface area contributed by atoms with Crippen LogP contribution in [0.5, 0.6) is 0 Å². The van der Waals surface area contributed by atoms with Gasteiger partial charge in [-0.05, 0) is 47.0 Å². The molecule has 0 bridgehead atoms. The van der Waals surface area contributed by atoms with Gasteiger partial charge in [0.05, 0.1) is 30.3 Å². The standard InChI is InChI=1S/C24H48O2.C15H24O6/c1-5-7-8-9-10-11-12-13-14-15-16-17-18-19-20-21-22-26-23(25)24(3,4)6-2;1-5-9-19-12(16)7-8-13(17)20-10-11-21-14(18)15(3,4)6-2/h5-22H2,1-4H3;5H,1,6-11H2,2-4H3. The lowest BCUT2D eigenvalue weighted by Crippen LogP contribution is -2.27. The highest BCUT2D eigenvalue weighted by Gasteiger charge is 2.27. The summed E-state index contributed by atoms with van der Waals surface area (Å²) in [4.78, 5) is 45.9. The van der Waals surface area contributed by atoms with E-state index in [4.69, 9.17) is 18.9 Å². The minimum atomic E-state index is -0.543. The van der Waals surface area contributed by atoms with Crippen LogP contribution >= 0.6 is 0 Å². The van der Waals surface area contributed by atoms with E-state index in [0.717, 1.165) is 12.8 Å². The molecule has 0 fully saturated rings. The molecular weight excluding hydrogens is 596 g/mol. The van der Waals surface area contributed by atoms with Gasteiger partial charge in [-0.25, -0.2) is 0 Å². The summed E-state index contributed by atoms with van der Waals surface area (Å²) >= 11 is 0. The molecule has 0 aliphatic carbocycles. The number of ether oxygens (including phenoxy) is 4. The Balaban J connectivity index is 0. The van der Waals surface area contributed by atoms with E-state index in [-0.39, 0.29) is 50.0 Å². The highest BCUT2D eigenvalue weighted by atomic mass is 16.6. The summed E-state index contributed by atoms with van der Waals surface area (Å²) in [5.74, 6) is -1.38. The highest BCUT2D eigenvalue weighted by Crippen LogP contribution is 2.22. The Morgan fingerprint density at radius 1 is 0.489 bits per heavy atom. The molecule has 0 aromatic rings. The van der Waals surface area contributed by atoms with E-state index < -0.39 is 17.4 Å². The van der Waals surface area contributed by atoms with Crippen molar-refractivity contribution >= 4 is 23.9 Å². The van der Waals surface area contributed by atoms with E-state index in [1.807, 2.05) is 27.7 Å². The Labute approximate surface area is 288 Å². The molecule has 0 saturated heterocycles. The van der Waals surface area contributed by atoms with E-state index >= 15 is 0 Å². The van der Waals surface area contributed by atoms with Crippen LogP contribution in [-0.4, -0.2) is 50.3 Å². The first-order valence-corrected chi connectivity index (χ1v) is 18.6. The molecule has 276 valence electrons. The van der Waals surface area contributed by atoms with Crippen LogP contribution in [0.4, 0.5) is 0 Å². The zero-order chi connectivity index (χ0) is 35.8. The van der Waals surface area contributed by atoms with E-state index in [0.29, 0.717) is 13.0 Å². The van der Waals surface area contributed by atoms with Crippen LogP contribution in [0.1, 0.15) is 177 Å². The van der Waals surface area contributed by atoms with Crippen LogP contribution in [0.25, 0.3) is 0 Å². The van der Waals surface area contributed by atoms with Crippen LogP contribution in [-0.2, 0) is 38.1 Å². The second-order valence-electron chi connectivity index (χ2n) is 13.7. The molecule has 0 radical (unpaired) electrons. The predicted molar refractivity (Wildman–Crippen MR) is 191 cm³/mol. The third kappa shape index (κ3) is 29.5. The van der Waals surface area contributed by atoms with Gasteiger partial charge in [-0.1, -0.05) is 130 Å². The van der Waals surface area contributed by atoms with Crippen molar-refractivity contribution in [1.82, 2.24) is 0 Å². The van der Waals surface area contributed by atoms with Gasteiger partial charge in [0.15, 0.2) is 0 Å². The van der Waals surface area contributed by atoms with Gasteiger partial charge in [-0.2, -0.15) is 0 Å². The van der Waals surface area contributed by atoms with Gasteiger partial charge in [0.2, 0.25) is 0 Å². The summed E-state index contributed by atoms with van der Waals surface area (Å²) in [5, 5.41) is 0. The third-order valence-corrected chi connectivity index (χ3v) is 8.58. The van der Waals surface area contributed by atoms with E-state index in [2.05, 4.69) is 13.5 Å². The van der Waals surface area contributed by atoms with E-state index in [1.165, 1.54) is 102 Å². The quantitative estimate of drug-likeness (QED) is 0.0336. The molecule has 0 spiro atoms. The topological polar surface area (TPSA) is 105 Å². The van der Waals surface area contributed by atoms with Crippen LogP contribution in [0.15, 0.2) is 12.7 Å². The van der Waals surface area contributed by atoms with Gasteiger partial charge in [0, 0.05) is 0 Å². The van der Waals surface area contributed by atoms with Crippen LogP contribution in [0.2, 0.25) is 0 Å². The maximum atomic E-state index is 11.8. The van der Waals surface area contributed by atoms with Crippen molar-refractivity contribution in [1.29, 1.82) is 0 Å². The number of unbranched alkanes of at least 4 members (excludes halogenated alkanes) is 15. The zero-order valence-corrected chi connectivity index (χ0v) is 31.5. The van der Waals surface area contributed by atoms with Gasteiger partial charge in [-0.3, -0.25) is 19.2 Å². The Kier molecular flexibility index (Phi) is 30.7. The molecular formula is C39H72O8. The largest absolute Gasteiger partial charge is 0.465 e. The third-order valence-electron chi connectivity index (χ3n) is 8.58. The van der Waals surface area contributed by atoms with E-state index in [9.17, 15) is 19.2 Å². The first-order valence-electron chi connectivity index (χ1n) is 18.6. The molecule has 0 atom stereocenters. The van der Waals surface area contributed by atoms with Crippen molar-refractivity contribution in [2.45, 2.75) is 177 Å². The maximum Gasteiger partial charge on any atom is 0.311 e. The number of carbonyl (C=O) groups is 4. The van der Waals surface area contributed by atoms with Gasteiger partial charge in [0.1, 0.15) is 19.8 Å². The highest BCUT2D eigenvalue weighted by molar-refractivity contribution is 5.78. The maximum absolute atomic E-state index is 11.8. The molecule has 0 aromatic heterocycles. The van der Waals surface area contributed by atoms with Crippen molar-refractivity contribution in [2.24, 2.45) is 10.8 Å². The molecule has 0 saturated carbocycles. The molecule has 0 heterocycles. The van der Waals surface area contributed by atoms with Crippen LogP contribution in [0.3, 0.4) is 0 Å². The summed E-state index contributed by atoms with van der Waals surface area (Å²) in [6.07, 6.45) is 24.7. The molecule has 0 unspecified atom stereocenters. The van der Waals surface area contributed by atoms with Crippen molar-refractivity contribution in [3.63, 3.8) is 0 Å². The monoisotopic (exact) mass is 669 g/mol. The summed E-state index contributed by atoms with van der Waals surface area (Å²) in [5.41, 5.74) is -0.867. The SMILES string of the molecule is C=CCOC(=O)CCC(=O)OCCOC(=O)C(C)(C)CC.CCCCCCCCCCCCCCCCCCOC(=O)C(C)(C)CC. The van der Waals surface area contributed by atoms with Gasteiger partial charge in [-0.15, -0.1) is 0 Å². The van der Waals surface area contributed by atoms with Gasteiger partial charge >= 0.3 is 23.9 Å². The molecule has 8 heteroatoms. The van der Waals surface area contributed by atoms with Crippen molar-refractivity contribution in [3.8, 4) is 0 Å². The summed E-state index contributed by atoms with van der Waals surface area (Å²) < 4.78 is 19.9. The fourth-order valence-corrected chi connectivity index (χ4v) is 4.28. The summed E-state index contributed by atoms with van der Waals surface area (Å²) in [6, 6.07) is 0. The predicted octanol–water partition coefficient (Wildman–Crippen LogP) is 10.2. The fraction of sp³-hybridized carbons (Fsp3) is 0.846. The smallest absolute Gasteiger partial charge is 0.311 e. The molecule has 0 aliphatic rings. The Morgan fingerprint density at radius 2 is 0.830 bits per heavy atom. The zero-order valence-electron chi connectivity index (χ0n) is 31.5. The first kappa shape index (κ1) is 46.7. The Morgan fingerprint density at radius 3 is 1.21 bits per heavy atom. The molecule has 47 heavy (non-hydrogen) atoms. The molecule has 8 nitrogen and oxygen atoms in total. The molecule has 0 rings (SSSR count). The van der Waals surface area contributed by atoms with Crippen molar-refractivity contribution in [3.05, 3.63) is 12.7 Å². The number of rotatable bonds is 29. The average Bonchev–Trinajstić information content (AvgIpc) is 3.06. The van der Waals surface area contributed by atoms with E-state index in [1.54, 1.807) is 13.8 Å². The fourth-order valence-electron chi connectivity index (χ4n) is 4.28. The lowest BCUT2D eigenvalue weighted by molar-refractivity contribution is -0.159. The number of carbonyl (C=O) groups excluding carboxylic acids is 4.